The van der Waals surface area contributed by atoms with Gasteiger partial charge < -0.3 is 10.1 Å². The summed E-state index contributed by atoms with van der Waals surface area (Å²) in [6.07, 6.45) is 1.95. The Balaban J connectivity index is 2.37. The predicted octanol–water partition coefficient (Wildman–Crippen LogP) is 2.74. The van der Waals surface area contributed by atoms with Crippen LogP contribution in [0.2, 0.25) is 0 Å². The molecule has 0 aliphatic rings. The number of anilines is 1. The molecule has 0 amide bonds. The van der Waals surface area contributed by atoms with E-state index in [-0.39, 0.29) is 18.4 Å². The van der Waals surface area contributed by atoms with Gasteiger partial charge in [0.2, 0.25) is 0 Å². The molecule has 0 bridgehead atoms. The summed E-state index contributed by atoms with van der Waals surface area (Å²) in [6.45, 7) is 8.55. The van der Waals surface area contributed by atoms with Gasteiger partial charge in [-0.15, -0.1) is 0 Å². The average molecular weight is 275 g/mol. The first-order chi connectivity index (χ1) is 9.54. The summed E-state index contributed by atoms with van der Waals surface area (Å²) in [5.74, 6) is 0.885. The molecule has 0 aromatic carbocycles. The van der Waals surface area contributed by atoms with Crippen LogP contribution in [-0.2, 0) is 9.53 Å². The topological polar surface area (TPSA) is 55.6 Å². The molecule has 0 unspecified atom stereocenters. The fourth-order valence-electron chi connectivity index (χ4n) is 2.17. The third-order valence-corrected chi connectivity index (χ3v) is 3.12. The van der Waals surface area contributed by atoms with E-state index in [1.807, 2.05) is 29.7 Å². The normalized spacial score (nSPS) is 11.1. The lowest BCUT2D eigenvalue weighted by molar-refractivity contribution is -0.140. The summed E-state index contributed by atoms with van der Waals surface area (Å²) >= 11 is 0. The Morgan fingerprint density at radius 1 is 1.50 bits per heavy atom. The maximum atomic E-state index is 11.5. The van der Waals surface area contributed by atoms with Crippen LogP contribution in [0.5, 0.6) is 0 Å². The molecule has 0 spiro atoms. The summed E-state index contributed by atoms with van der Waals surface area (Å²) < 4.78 is 6.94. The summed E-state index contributed by atoms with van der Waals surface area (Å²) in [5.41, 5.74) is 2.99. The molecule has 0 atom stereocenters. The zero-order chi connectivity index (χ0) is 14.7. The van der Waals surface area contributed by atoms with E-state index in [2.05, 4.69) is 24.1 Å². The van der Waals surface area contributed by atoms with Gasteiger partial charge in [-0.1, -0.05) is 19.9 Å². The van der Waals surface area contributed by atoms with Gasteiger partial charge in [0.1, 0.15) is 18.0 Å². The number of pyridine rings is 1. The zero-order valence-corrected chi connectivity index (χ0v) is 12.4. The molecular weight excluding hydrogens is 254 g/mol. The maximum absolute atomic E-state index is 11.5. The number of imidazole rings is 1. The van der Waals surface area contributed by atoms with E-state index in [0.717, 1.165) is 22.7 Å². The summed E-state index contributed by atoms with van der Waals surface area (Å²) in [5, 5.41) is 3.16. The van der Waals surface area contributed by atoms with Gasteiger partial charge in [-0.05, 0) is 31.4 Å². The number of hydrogen-bond donors (Lipinski definition) is 1. The predicted molar refractivity (Wildman–Crippen MR) is 79.1 cm³/mol. The molecule has 0 aliphatic carbocycles. The second-order valence-corrected chi connectivity index (χ2v) is 5.04. The Kier molecular flexibility index (Phi) is 4.27. The molecule has 0 saturated carbocycles. The fourth-order valence-corrected chi connectivity index (χ4v) is 2.17. The lowest BCUT2D eigenvalue weighted by atomic mass is 10.1. The van der Waals surface area contributed by atoms with E-state index in [1.54, 1.807) is 6.92 Å². The highest BCUT2D eigenvalue weighted by Gasteiger charge is 2.16. The van der Waals surface area contributed by atoms with Crippen LogP contribution in [0.25, 0.3) is 5.65 Å². The van der Waals surface area contributed by atoms with Crippen molar-refractivity contribution in [1.29, 1.82) is 0 Å². The Morgan fingerprint density at radius 2 is 2.25 bits per heavy atom. The van der Waals surface area contributed by atoms with Crippen molar-refractivity contribution in [3.8, 4) is 0 Å². The molecule has 2 aromatic heterocycles. The first kappa shape index (κ1) is 14.4. The van der Waals surface area contributed by atoms with Gasteiger partial charge in [0.15, 0.2) is 0 Å². The third kappa shape index (κ3) is 2.76. The molecule has 108 valence electrons. The largest absolute Gasteiger partial charge is 0.465 e. The summed E-state index contributed by atoms with van der Waals surface area (Å²) in [7, 11) is 0. The monoisotopic (exact) mass is 275 g/mol. The van der Waals surface area contributed by atoms with Crippen molar-refractivity contribution in [2.45, 2.75) is 33.6 Å². The van der Waals surface area contributed by atoms with Crippen molar-refractivity contribution in [1.82, 2.24) is 9.38 Å². The second-order valence-electron chi connectivity index (χ2n) is 5.04. The van der Waals surface area contributed by atoms with E-state index in [9.17, 15) is 4.79 Å². The van der Waals surface area contributed by atoms with Gasteiger partial charge >= 0.3 is 5.97 Å². The molecule has 5 heteroatoms. The molecule has 2 rings (SSSR count). The standard InChI is InChI=1S/C15H21N3O2/c1-5-20-12(19)9-16-15-13(10(2)3)17-14-11(4)7-6-8-18(14)15/h6-8,10,16H,5,9H2,1-4H3. The molecule has 5 nitrogen and oxygen atoms in total. The molecule has 1 N–H and O–H groups in total. The van der Waals surface area contributed by atoms with Crippen molar-refractivity contribution in [3.63, 3.8) is 0 Å². The van der Waals surface area contributed by atoms with E-state index < -0.39 is 0 Å². The number of nitrogens with zero attached hydrogens (tertiary/aromatic N) is 2. The highest BCUT2D eigenvalue weighted by atomic mass is 16.5. The number of esters is 1. The van der Waals surface area contributed by atoms with Gasteiger partial charge in [0.05, 0.1) is 12.3 Å². The molecule has 0 aliphatic heterocycles. The minimum atomic E-state index is -0.259. The Morgan fingerprint density at radius 3 is 2.90 bits per heavy atom. The van der Waals surface area contributed by atoms with Crippen LogP contribution in [0.4, 0.5) is 5.82 Å². The SMILES string of the molecule is CCOC(=O)CNc1c(C(C)C)nc2c(C)cccn12. The molecule has 20 heavy (non-hydrogen) atoms. The molecule has 2 aromatic rings. The van der Waals surface area contributed by atoms with E-state index >= 15 is 0 Å². The summed E-state index contributed by atoms with van der Waals surface area (Å²) in [6, 6.07) is 4.01. The number of hydrogen-bond acceptors (Lipinski definition) is 4. The molecule has 0 saturated heterocycles. The van der Waals surface area contributed by atoms with E-state index in [4.69, 9.17) is 4.74 Å². The van der Waals surface area contributed by atoms with E-state index in [0.29, 0.717) is 6.61 Å². The fraction of sp³-hybridized carbons (Fsp3) is 0.467. The smallest absolute Gasteiger partial charge is 0.325 e. The van der Waals surface area contributed by atoms with Crippen LogP contribution < -0.4 is 5.32 Å². The average Bonchev–Trinajstić information content (AvgIpc) is 2.77. The Bertz CT molecular complexity index is 617. The van der Waals surface area contributed by atoms with E-state index in [1.165, 1.54) is 0 Å². The number of carbonyl (C=O) groups is 1. The van der Waals surface area contributed by atoms with Crippen LogP contribution in [0.15, 0.2) is 18.3 Å². The number of rotatable bonds is 5. The summed E-state index contributed by atoms with van der Waals surface area (Å²) in [4.78, 5) is 16.2. The van der Waals surface area contributed by atoms with Crippen LogP contribution in [-0.4, -0.2) is 28.5 Å². The highest BCUT2D eigenvalue weighted by Crippen LogP contribution is 2.26. The number of aryl methyl sites for hydroxylation is 1. The number of carbonyl (C=O) groups excluding carboxylic acids is 1. The number of nitrogens with one attached hydrogen (secondary N) is 1. The number of fused-ring (bicyclic) bond motifs is 1. The van der Waals surface area contributed by atoms with Crippen LogP contribution in [0.3, 0.4) is 0 Å². The van der Waals surface area contributed by atoms with Crippen molar-refractivity contribution >= 4 is 17.4 Å². The quantitative estimate of drug-likeness (QED) is 0.852. The lowest BCUT2D eigenvalue weighted by Gasteiger charge is -2.10. The molecule has 0 fully saturated rings. The van der Waals surface area contributed by atoms with Gasteiger partial charge in [0, 0.05) is 6.20 Å². The van der Waals surface area contributed by atoms with Crippen LogP contribution >= 0.6 is 0 Å². The first-order valence-electron chi connectivity index (χ1n) is 6.91. The van der Waals surface area contributed by atoms with Crippen molar-refractivity contribution in [2.75, 3.05) is 18.5 Å². The minimum absolute atomic E-state index is 0.148. The van der Waals surface area contributed by atoms with Gasteiger partial charge in [-0.2, -0.15) is 0 Å². The molecule has 2 heterocycles. The number of aromatic nitrogens is 2. The number of ether oxygens (including phenoxy) is 1. The van der Waals surface area contributed by atoms with Gasteiger partial charge in [0.25, 0.3) is 0 Å². The van der Waals surface area contributed by atoms with Crippen LogP contribution in [0, 0.1) is 6.92 Å². The molecular formula is C15H21N3O2. The maximum Gasteiger partial charge on any atom is 0.325 e. The van der Waals surface area contributed by atoms with Gasteiger partial charge in [-0.25, -0.2) is 4.98 Å². The Hall–Kier alpha value is -2.04. The van der Waals surface area contributed by atoms with Crippen LogP contribution in [0.1, 0.15) is 37.9 Å². The van der Waals surface area contributed by atoms with Gasteiger partial charge in [-0.3, -0.25) is 9.20 Å². The minimum Gasteiger partial charge on any atom is -0.465 e. The lowest BCUT2D eigenvalue weighted by Crippen LogP contribution is -2.18. The second kappa shape index (κ2) is 5.94. The highest BCUT2D eigenvalue weighted by molar-refractivity contribution is 5.75. The van der Waals surface area contributed by atoms with Crippen molar-refractivity contribution < 1.29 is 9.53 Å². The Labute approximate surface area is 119 Å². The third-order valence-electron chi connectivity index (χ3n) is 3.12. The zero-order valence-electron chi connectivity index (χ0n) is 12.4. The van der Waals surface area contributed by atoms with Crippen molar-refractivity contribution in [2.24, 2.45) is 0 Å². The first-order valence-corrected chi connectivity index (χ1v) is 6.91. The molecule has 0 radical (unpaired) electrons. The van der Waals surface area contributed by atoms with Crippen molar-refractivity contribution in [3.05, 3.63) is 29.6 Å².